The van der Waals surface area contributed by atoms with Gasteiger partial charge < -0.3 is 15.2 Å². The highest BCUT2D eigenvalue weighted by Crippen LogP contribution is 2.45. The highest BCUT2D eigenvalue weighted by Gasteiger charge is 2.31. The van der Waals surface area contributed by atoms with E-state index in [9.17, 15) is 14.7 Å². The molecule has 0 aliphatic heterocycles. The maximum Gasteiger partial charge on any atom is 0.407 e. The summed E-state index contributed by atoms with van der Waals surface area (Å²) in [6.07, 6.45) is -0.412. The second-order valence-corrected chi connectivity index (χ2v) is 11.4. The predicted octanol–water partition coefficient (Wildman–Crippen LogP) is 6.81. The highest BCUT2D eigenvalue weighted by atomic mass is 127. The van der Waals surface area contributed by atoms with Gasteiger partial charge in [0.1, 0.15) is 12.6 Å². The topological polar surface area (TPSA) is 75.6 Å². The first-order valence-corrected chi connectivity index (χ1v) is 17.1. The first-order chi connectivity index (χ1) is 16.3. The van der Waals surface area contributed by atoms with Crippen LogP contribution in [0, 0.1) is 28.3 Å². The number of fused-ring (bicyclic) bond motifs is 3. The molecule has 0 heterocycles. The van der Waals surface area contributed by atoms with Crippen molar-refractivity contribution in [1.29, 1.82) is 0 Å². The van der Waals surface area contributed by atoms with Gasteiger partial charge in [0.25, 0.3) is 0 Å². The summed E-state index contributed by atoms with van der Waals surface area (Å²) in [6, 6.07) is 11.1. The Kier molecular flexibility index (Phi) is 10.3. The summed E-state index contributed by atoms with van der Waals surface area (Å²) < 4.78 is 5.55. The minimum absolute atomic E-state index is 0.0791. The number of benzene rings is 2. The van der Waals surface area contributed by atoms with E-state index in [1.807, 2.05) is 50.2 Å². The molecular weight excluding hydrogens is 696 g/mol. The van der Waals surface area contributed by atoms with Crippen LogP contribution in [0.1, 0.15) is 48.4 Å². The van der Waals surface area contributed by atoms with E-state index in [4.69, 9.17) is 4.74 Å². The van der Waals surface area contributed by atoms with Crippen molar-refractivity contribution in [2.45, 2.75) is 32.2 Å². The number of rotatable bonds is 6. The van der Waals surface area contributed by atoms with Crippen LogP contribution in [-0.4, -0.2) is 29.8 Å². The molecule has 0 radical (unpaired) electrons. The third-order valence-electron chi connectivity index (χ3n) is 5.29. The number of ether oxygens (including phenoxy) is 1. The van der Waals surface area contributed by atoms with Crippen molar-refractivity contribution in [2.24, 2.45) is 5.92 Å². The van der Waals surface area contributed by atoms with Crippen LogP contribution >= 0.6 is 60.3 Å². The Morgan fingerprint density at radius 1 is 1.03 bits per heavy atom. The quantitative estimate of drug-likeness (QED) is 0.253. The van der Waals surface area contributed by atoms with Crippen LogP contribution in [0.3, 0.4) is 0 Å². The molecule has 176 valence electrons. The molecule has 2 aromatic rings. The van der Waals surface area contributed by atoms with Crippen molar-refractivity contribution in [1.82, 2.24) is 5.32 Å². The van der Waals surface area contributed by atoms with E-state index in [1.54, 1.807) is 0 Å². The number of carbonyl (C=O) groups is 2. The second kappa shape index (κ2) is 13.0. The normalized spacial score (nSPS) is 12.5. The smallest absolute Gasteiger partial charge is 0.407 e. The highest BCUT2D eigenvalue weighted by molar-refractivity contribution is 14.2. The van der Waals surface area contributed by atoms with Gasteiger partial charge in [0.15, 0.2) is 0 Å². The van der Waals surface area contributed by atoms with Gasteiger partial charge in [0, 0.05) is 59.5 Å². The Morgan fingerprint density at radius 2 is 1.56 bits per heavy atom. The first kappa shape index (κ1) is 27.1. The van der Waals surface area contributed by atoms with E-state index in [1.165, 1.54) is 17.9 Å². The average Bonchev–Trinajstić information content (AvgIpc) is 3.11. The van der Waals surface area contributed by atoms with Gasteiger partial charge in [-0.05, 0) is 87.2 Å². The summed E-state index contributed by atoms with van der Waals surface area (Å²) >= 11 is 4.27. The fourth-order valence-electron chi connectivity index (χ4n) is 3.89. The van der Waals surface area contributed by atoms with Crippen molar-refractivity contribution >= 4 is 72.3 Å². The molecule has 0 saturated carbocycles. The lowest BCUT2D eigenvalue weighted by molar-refractivity contribution is -0.139. The number of aliphatic carboxylic acids is 1. The molecule has 34 heavy (non-hydrogen) atoms. The second-order valence-electron chi connectivity index (χ2n) is 8.03. The van der Waals surface area contributed by atoms with Crippen LogP contribution in [0.15, 0.2) is 36.4 Å². The Balaban J connectivity index is 1.89. The molecule has 0 bridgehead atoms. The molecule has 5 nitrogen and oxygen atoms in total. The zero-order valence-electron chi connectivity index (χ0n) is 18.4. The van der Waals surface area contributed by atoms with E-state index in [0.29, 0.717) is 6.42 Å². The van der Waals surface area contributed by atoms with Crippen LogP contribution < -0.4 is 5.32 Å². The van der Waals surface area contributed by atoms with Gasteiger partial charge in [-0.3, -0.25) is 0 Å². The Labute approximate surface area is 232 Å². The molecule has 0 fully saturated rings. The van der Waals surface area contributed by atoms with Crippen molar-refractivity contribution in [2.75, 3.05) is 6.61 Å². The van der Waals surface area contributed by atoms with Gasteiger partial charge in [-0.2, -0.15) is 0 Å². The molecule has 0 spiro atoms. The number of hydrogen-bond acceptors (Lipinski definition) is 5. The third-order valence-corrected chi connectivity index (χ3v) is 6.97. The van der Waals surface area contributed by atoms with Gasteiger partial charge in [-0.1, -0.05) is 37.8 Å². The molecule has 0 unspecified atom stereocenters. The average molecular weight is 717 g/mol. The largest absolute Gasteiger partial charge is 0.480 e. The molecule has 1 amide bonds. The summed E-state index contributed by atoms with van der Waals surface area (Å²) in [7, 11) is 2.84. The van der Waals surface area contributed by atoms with E-state index < -0.39 is 18.1 Å². The number of halogens is 2. The van der Waals surface area contributed by atoms with Crippen molar-refractivity contribution in [3.63, 3.8) is 0 Å². The molecule has 3 rings (SSSR count). The number of carbonyl (C=O) groups excluding carboxylic acids is 1. The molecule has 0 saturated heterocycles. The predicted molar refractivity (Wildman–Crippen MR) is 156 cm³/mol. The van der Waals surface area contributed by atoms with Crippen LogP contribution in [0.2, 0.25) is 0 Å². The van der Waals surface area contributed by atoms with E-state index in [2.05, 4.69) is 70.1 Å². The fraction of sp³-hybridized carbons (Fsp3) is 0.280. The zero-order valence-corrected chi connectivity index (χ0v) is 24.3. The van der Waals surface area contributed by atoms with Gasteiger partial charge >= 0.3 is 12.1 Å². The van der Waals surface area contributed by atoms with Gasteiger partial charge in [-0.15, -0.1) is 0 Å². The van der Waals surface area contributed by atoms with Gasteiger partial charge in [0.2, 0.25) is 0 Å². The Bertz CT molecular complexity index is 1140. The summed E-state index contributed by atoms with van der Waals surface area (Å²) in [5.41, 5.74) is 5.96. The van der Waals surface area contributed by atoms with E-state index >= 15 is 0 Å². The molecule has 2 N–H and O–H groups in total. The minimum atomic E-state index is -1.07. The molecule has 1 aliphatic carbocycles. The van der Waals surface area contributed by atoms with Crippen LogP contribution in [0.5, 0.6) is 0 Å². The summed E-state index contributed by atoms with van der Waals surface area (Å²) in [5, 5.41) is 17.9. The zero-order chi connectivity index (χ0) is 24.7. The molecule has 1 atom stereocenters. The monoisotopic (exact) mass is 717 g/mol. The molecule has 0 aromatic heterocycles. The molecular formula is C25H21I2NO4S2. The Morgan fingerprint density at radius 3 is 2.00 bits per heavy atom. The van der Waals surface area contributed by atoms with Gasteiger partial charge in [0.05, 0.1) is 0 Å². The fourth-order valence-corrected chi connectivity index (χ4v) is 4.86. The number of carboxylic acid groups (broad SMARTS) is 1. The van der Waals surface area contributed by atoms with Crippen LogP contribution in [-0.2, 0) is 9.53 Å². The van der Waals surface area contributed by atoms with Crippen molar-refractivity contribution < 1.29 is 19.4 Å². The van der Waals surface area contributed by atoms with E-state index in [-0.39, 0.29) is 18.4 Å². The van der Waals surface area contributed by atoms with Gasteiger partial charge in [-0.25, -0.2) is 9.59 Å². The summed E-state index contributed by atoms with van der Waals surface area (Å²) in [5.74, 6) is 5.10. The number of hydrogen-bond donors (Lipinski definition) is 2. The van der Waals surface area contributed by atoms with Crippen LogP contribution in [0.25, 0.3) is 11.1 Å². The number of amides is 1. The Hall–Kier alpha value is -1.54. The SMILES string of the molecule is CC(C)C[C@H](NC(=O)OCC1c2cc(C#CSI)ccc2-c2ccc(C#CSI)cc21)C(=O)O. The first-order valence-electron chi connectivity index (χ1n) is 10.4. The third kappa shape index (κ3) is 7.00. The number of alkyl carbamates (subject to hydrolysis) is 1. The summed E-state index contributed by atoms with van der Waals surface area (Å²) in [6.45, 7) is 3.89. The lowest BCUT2D eigenvalue weighted by Crippen LogP contribution is -2.42. The van der Waals surface area contributed by atoms with Crippen molar-refractivity contribution in [3.05, 3.63) is 58.7 Å². The van der Waals surface area contributed by atoms with Crippen molar-refractivity contribution in [3.8, 4) is 33.5 Å². The standard InChI is InChI=1S/C25H21I2NO4S2/c1-15(2)11-23(24(29)30)28-25(31)32-14-22-20-12-16(7-9-33-26)3-5-18(20)19-6-4-17(8-10-34-27)13-21(19)22/h3-6,12-13,15,22-23H,11,14H2,1-2H3,(H,28,31)(H,29,30)/t23-/m0/s1. The lowest BCUT2D eigenvalue weighted by atomic mass is 9.96. The number of carboxylic acids is 1. The minimum Gasteiger partial charge on any atom is -0.480 e. The molecule has 9 heteroatoms. The number of nitrogens with one attached hydrogen (secondary N) is 1. The molecule has 1 aliphatic rings. The van der Waals surface area contributed by atoms with E-state index in [0.717, 1.165) is 33.4 Å². The molecule has 2 aromatic carbocycles. The maximum atomic E-state index is 12.5. The lowest BCUT2D eigenvalue weighted by Gasteiger charge is -2.18. The van der Waals surface area contributed by atoms with Crippen LogP contribution in [0.4, 0.5) is 4.79 Å². The summed E-state index contributed by atoms with van der Waals surface area (Å²) in [4.78, 5) is 24.0. The maximum absolute atomic E-state index is 12.5.